The standard InChI is InChI=1S/C22H35N7O/c23-17-20(18-24)22-28(10-4-9-26-7-2-1-3-8-26)15-16-29(22)14-13-27-11-5-19(6-12-27)21(25)30/h19H,1-16H2,(H2,25,30). The second kappa shape index (κ2) is 11.2. The zero-order valence-corrected chi connectivity index (χ0v) is 18.1. The smallest absolute Gasteiger partial charge is 0.220 e. The molecule has 0 unspecified atom stereocenters. The number of nitriles is 2. The third kappa shape index (κ3) is 5.87. The minimum atomic E-state index is -0.188. The molecular formula is C22H35N7O. The summed E-state index contributed by atoms with van der Waals surface area (Å²) in [5.41, 5.74) is 5.65. The SMILES string of the molecule is N#CC(C#N)=C1N(CCCN2CCCCC2)CCN1CCN1CCC(C(N)=O)CC1. The van der Waals surface area contributed by atoms with Gasteiger partial charge in [0.15, 0.2) is 5.57 Å². The molecule has 3 saturated heterocycles. The first-order valence-electron chi connectivity index (χ1n) is 11.4. The summed E-state index contributed by atoms with van der Waals surface area (Å²) in [6.45, 7) is 9.52. The second-order valence-corrected chi connectivity index (χ2v) is 8.67. The van der Waals surface area contributed by atoms with Crippen molar-refractivity contribution in [2.45, 2.75) is 38.5 Å². The van der Waals surface area contributed by atoms with Gasteiger partial charge in [0.05, 0.1) is 0 Å². The van der Waals surface area contributed by atoms with Gasteiger partial charge in [-0.15, -0.1) is 0 Å². The van der Waals surface area contributed by atoms with Crippen molar-refractivity contribution in [3.8, 4) is 12.1 Å². The Morgan fingerprint density at radius 2 is 1.43 bits per heavy atom. The molecule has 0 saturated carbocycles. The van der Waals surface area contributed by atoms with Gasteiger partial charge < -0.3 is 25.3 Å². The number of likely N-dealkylation sites (tertiary alicyclic amines) is 2. The van der Waals surface area contributed by atoms with Crippen molar-refractivity contribution < 1.29 is 4.79 Å². The second-order valence-electron chi connectivity index (χ2n) is 8.67. The number of allylic oxidation sites excluding steroid dienone is 1. The number of piperidine rings is 2. The first-order valence-corrected chi connectivity index (χ1v) is 11.4. The van der Waals surface area contributed by atoms with E-state index in [1.165, 1.54) is 32.4 Å². The maximum absolute atomic E-state index is 11.4. The highest BCUT2D eigenvalue weighted by Crippen LogP contribution is 2.23. The monoisotopic (exact) mass is 413 g/mol. The molecule has 3 fully saturated rings. The van der Waals surface area contributed by atoms with Crippen LogP contribution in [0, 0.1) is 28.6 Å². The van der Waals surface area contributed by atoms with E-state index in [9.17, 15) is 15.3 Å². The van der Waals surface area contributed by atoms with Crippen LogP contribution in [0.2, 0.25) is 0 Å². The maximum atomic E-state index is 11.4. The summed E-state index contributed by atoms with van der Waals surface area (Å²) >= 11 is 0. The lowest BCUT2D eigenvalue weighted by molar-refractivity contribution is -0.123. The number of nitrogens with two attached hydrogens (primary N) is 1. The normalized spacial score (nSPS) is 21.5. The van der Waals surface area contributed by atoms with Crippen molar-refractivity contribution in [2.24, 2.45) is 11.7 Å². The molecule has 8 nitrogen and oxygen atoms in total. The molecular weight excluding hydrogens is 378 g/mol. The van der Waals surface area contributed by atoms with Crippen molar-refractivity contribution >= 4 is 5.91 Å². The van der Waals surface area contributed by atoms with Crippen LogP contribution in [0.4, 0.5) is 0 Å². The highest BCUT2D eigenvalue weighted by atomic mass is 16.1. The number of rotatable bonds is 8. The first-order chi connectivity index (χ1) is 14.6. The highest BCUT2D eigenvalue weighted by Gasteiger charge is 2.29. The summed E-state index contributed by atoms with van der Waals surface area (Å²) < 4.78 is 0. The first kappa shape index (κ1) is 22.4. The van der Waals surface area contributed by atoms with E-state index in [2.05, 4.69) is 31.7 Å². The quantitative estimate of drug-likeness (QED) is 0.591. The zero-order chi connectivity index (χ0) is 21.3. The van der Waals surface area contributed by atoms with Crippen LogP contribution in [0.15, 0.2) is 11.4 Å². The largest absolute Gasteiger partial charge is 0.369 e. The van der Waals surface area contributed by atoms with Gasteiger partial charge in [-0.25, -0.2) is 0 Å². The summed E-state index contributed by atoms with van der Waals surface area (Å²) in [6, 6.07) is 4.22. The van der Waals surface area contributed by atoms with E-state index in [0.29, 0.717) is 0 Å². The molecule has 0 aliphatic carbocycles. The van der Waals surface area contributed by atoms with Gasteiger partial charge in [0, 0.05) is 38.6 Å². The van der Waals surface area contributed by atoms with Crippen LogP contribution >= 0.6 is 0 Å². The zero-order valence-electron chi connectivity index (χ0n) is 18.1. The Hall–Kier alpha value is -2.29. The molecule has 0 bridgehead atoms. The third-order valence-corrected chi connectivity index (χ3v) is 6.71. The lowest BCUT2D eigenvalue weighted by Crippen LogP contribution is -2.42. The van der Waals surface area contributed by atoms with Crippen molar-refractivity contribution in [1.82, 2.24) is 19.6 Å². The highest BCUT2D eigenvalue weighted by molar-refractivity contribution is 5.76. The van der Waals surface area contributed by atoms with Crippen molar-refractivity contribution in [2.75, 3.05) is 65.4 Å². The predicted molar refractivity (Wildman–Crippen MR) is 115 cm³/mol. The van der Waals surface area contributed by atoms with Gasteiger partial charge in [0.25, 0.3) is 0 Å². The molecule has 0 aromatic heterocycles. The summed E-state index contributed by atoms with van der Waals surface area (Å²) in [5.74, 6) is 0.626. The molecule has 3 heterocycles. The van der Waals surface area contributed by atoms with Crippen molar-refractivity contribution in [3.05, 3.63) is 11.4 Å². The van der Waals surface area contributed by atoms with Crippen LogP contribution < -0.4 is 5.73 Å². The molecule has 2 N–H and O–H groups in total. The molecule has 0 atom stereocenters. The Morgan fingerprint density at radius 1 is 0.833 bits per heavy atom. The van der Waals surface area contributed by atoms with Gasteiger partial charge in [-0.2, -0.15) is 10.5 Å². The average molecular weight is 414 g/mol. The van der Waals surface area contributed by atoms with E-state index in [1.54, 1.807) is 0 Å². The van der Waals surface area contributed by atoms with E-state index >= 15 is 0 Å². The molecule has 3 aliphatic rings. The minimum absolute atomic E-state index is 0.00247. The van der Waals surface area contributed by atoms with Crippen LogP contribution in [-0.2, 0) is 4.79 Å². The number of carbonyl (C=O) groups is 1. The molecule has 30 heavy (non-hydrogen) atoms. The fourth-order valence-electron chi connectivity index (χ4n) is 4.90. The molecule has 0 aromatic rings. The lowest BCUT2D eigenvalue weighted by Gasteiger charge is -2.33. The van der Waals surface area contributed by atoms with Gasteiger partial charge in [-0.3, -0.25) is 4.79 Å². The van der Waals surface area contributed by atoms with E-state index in [0.717, 1.165) is 77.4 Å². The molecule has 0 spiro atoms. The van der Waals surface area contributed by atoms with Crippen LogP contribution in [-0.4, -0.2) is 91.0 Å². The molecule has 164 valence electrons. The predicted octanol–water partition coefficient (Wildman–Crippen LogP) is 0.936. The Morgan fingerprint density at radius 3 is 2.03 bits per heavy atom. The van der Waals surface area contributed by atoms with Crippen molar-refractivity contribution in [3.63, 3.8) is 0 Å². The Balaban J connectivity index is 1.51. The van der Waals surface area contributed by atoms with E-state index in [-0.39, 0.29) is 17.4 Å². The number of carbonyl (C=O) groups excluding carboxylic acids is 1. The molecule has 0 aromatic carbocycles. The van der Waals surface area contributed by atoms with Crippen LogP contribution in [0.25, 0.3) is 0 Å². The summed E-state index contributed by atoms with van der Waals surface area (Å²) in [7, 11) is 0. The summed E-state index contributed by atoms with van der Waals surface area (Å²) in [4.78, 5) is 20.7. The Kier molecular flexibility index (Phi) is 8.36. The number of primary amides is 1. The number of nitrogens with zero attached hydrogens (tertiary/aromatic N) is 6. The van der Waals surface area contributed by atoms with E-state index < -0.39 is 0 Å². The van der Waals surface area contributed by atoms with Crippen LogP contribution in [0.3, 0.4) is 0 Å². The van der Waals surface area contributed by atoms with Gasteiger partial charge >= 0.3 is 0 Å². The van der Waals surface area contributed by atoms with Gasteiger partial charge in [-0.05, 0) is 64.8 Å². The van der Waals surface area contributed by atoms with E-state index in [4.69, 9.17) is 5.73 Å². The molecule has 0 radical (unpaired) electrons. The van der Waals surface area contributed by atoms with Gasteiger partial charge in [0.1, 0.15) is 18.0 Å². The minimum Gasteiger partial charge on any atom is -0.369 e. The number of hydrogen-bond donors (Lipinski definition) is 1. The summed E-state index contributed by atoms with van der Waals surface area (Å²) in [6.07, 6.45) is 6.64. The lowest BCUT2D eigenvalue weighted by atomic mass is 9.96. The van der Waals surface area contributed by atoms with Crippen LogP contribution in [0.1, 0.15) is 38.5 Å². The van der Waals surface area contributed by atoms with Gasteiger partial charge in [0.2, 0.25) is 5.91 Å². The van der Waals surface area contributed by atoms with Crippen LogP contribution in [0.5, 0.6) is 0 Å². The van der Waals surface area contributed by atoms with Gasteiger partial charge in [-0.1, -0.05) is 6.42 Å². The fourth-order valence-corrected chi connectivity index (χ4v) is 4.90. The summed E-state index contributed by atoms with van der Waals surface area (Å²) in [5, 5.41) is 19.0. The number of amides is 1. The molecule has 3 rings (SSSR count). The Labute approximate surface area is 180 Å². The molecule has 8 heteroatoms. The third-order valence-electron chi connectivity index (χ3n) is 6.71. The van der Waals surface area contributed by atoms with Crippen molar-refractivity contribution in [1.29, 1.82) is 10.5 Å². The fraction of sp³-hybridized carbons (Fsp3) is 0.773. The molecule has 1 amide bonds. The maximum Gasteiger partial charge on any atom is 0.220 e. The average Bonchev–Trinajstić information content (AvgIpc) is 3.17. The molecule has 3 aliphatic heterocycles. The number of hydrogen-bond acceptors (Lipinski definition) is 7. The topological polar surface area (TPSA) is 104 Å². The van der Waals surface area contributed by atoms with E-state index in [1.807, 2.05) is 0 Å². The Bertz CT molecular complexity index is 677.